The lowest BCUT2D eigenvalue weighted by Gasteiger charge is -2.42. The third kappa shape index (κ3) is 2.17. The van der Waals surface area contributed by atoms with E-state index in [1.165, 1.54) is 0 Å². The molecular formula is C13H21NO3. The van der Waals surface area contributed by atoms with E-state index in [0.717, 1.165) is 25.7 Å². The highest BCUT2D eigenvalue weighted by Gasteiger charge is 2.48. The number of carboxylic acids is 1. The van der Waals surface area contributed by atoms with E-state index in [4.69, 9.17) is 0 Å². The van der Waals surface area contributed by atoms with Crippen molar-refractivity contribution in [3.63, 3.8) is 0 Å². The summed E-state index contributed by atoms with van der Waals surface area (Å²) in [6, 6.07) is 0. The van der Waals surface area contributed by atoms with E-state index >= 15 is 0 Å². The molecule has 0 unspecified atom stereocenters. The van der Waals surface area contributed by atoms with Crippen LogP contribution in [-0.4, -0.2) is 35.0 Å². The molecule has 1 N–H and O–H groups in total. The van der Waals surface area contributed by atoms with E-state index in [1.807, 2.05) is 0 Å². The third-order valence-electron chi connectivity index (χ3n) is 4.66. The second kappa shape index (κ2) is 4.67. The van der Waals surface area contributed by atoms with Crippen molar-refractivity contribution in [3.05, 3.63) is 0 Å². The Labute approximate surface area is 102 Å². The van der Waals surface area contributed by atoms with Crippen molar-refractivity contribution in [1.29, 1.82) is 0 Å². The molecule has 0 spiro atoms. The number of piperidine rings is 1. The summed E-state index contributed by atoms with van der Waals surface area (Å²) in [6.45, 7) is 2.78. The van der Waals surface area contributed by atoms with Crippen molar-refractivity contribution in [1.82, 2.24) is 4.90 Å². The molecule has 1 aliphatic carbocycles. The zero-order valence-electron chi connectivity index (χ0n) is 10.4. The summed E-state index contributed by atoms with van der Waals surface area (Å²) >= 11 is 0. The van der Waals surface area contributed by atoms with Crippen LogP contribution in [0.2, 0.25) is 0 Å². The number of carbonyl (C=O) groups excluding carboxylic acids is 1. The minimum Gasteiger partial charge on any atom is -0.481 e. The molecule has 1 saturated heterocycles. The minimum absolute atomic E-state index is 0.0652. The second-order valence-electron chi connectivity index (χ2n) is 5.45. The Hall–Kier alpha value is -1.06. The molecule has 0 radical (unpaired) electrons. The van der Waals surface area contributed by atoms with E-state index in [-0.39, 0.29) is 5.91 Å². The molecular weight excluding hydrogens is 218 g/mol. The number of likely N-dealkylation sites (tertiary alicyclic amines) is 1. The quantitative estimate of drug-likeness (QED) is 0.800. The molecule has 4 nitrogen and oxygen atoms in total. The largest absolute Gasteiger partial charge is 0.481 e. The fraction of sp³-hybridized carbons (Fsp3) is 0.846. The first-order valence-corrected chi connectivity index (χ1v) is 6.55. The van der Waals surface area contributed by atoms with Crippen LogP contribution in [0.4, 0.5) is 0 Å². The first kappa shape index (κ1) is 12.4. The van der Waals surface area contributed by atoms with Crippen molar-refractivity contribution in [3.8, 4) is 0 Å². The monoisotopic (exact) mass is 239 g/mol. The van der Waals surface area contributed by atoms with Crippen LogP contribution in [0.3, 0.4) is 0 Å². The highest BCUT2D eigenvalue weighted by atomic mass is 16.4. The molecule has 2 aliphatic rings. The number of rotatable bonds is 2. The smallest absolute Gasteiger partial charge is 0.310 e. The van der Waals surface area contributed by atoms with Gasteiger partial charge in [-0.1, -0.05) is 12.8 Å². The normalized spacial score (nSPS) is 24.9. The lowest BCUT2D eigenvalue weighted by atomic mass is 9.68. The average molecular weight is 239 g/mol. The summed E-state index contributed by atoms with van der Waals surface area (Å²) in [5.74, 6) is -0.253. The molecule has 0 aromatic rings. The Balaban J connectivity index is 2.10. The highest BCUT2D eigenvalue weighted by Crippen LogP contribution is 2.47. The number of carbonyl (C=O) groups is 2. The van der Waals surface area contributed by atoms with Crippen molar-refractivity contribution in [2.45, 2.75) is 45.4 Å². The highest BCUT2D eigenvalue weighted by molar-refractivity contribution is 5.77. The topological polar surface area (TPSA) is 57.6 Å². The van der Waals surface area contributed by atoms with Gasteiger partial charge in [0.2, 0.25) is 5.91 Å². The maximum absolute atomic E-state index is 11.6. The van der Waals surface area contributed by atoms with Crippen LogP contribution in [0.5, 0.6) is 0 Å². The maximum atomic E-state index is 11.6. The Morgan fingerprint density at radius 2 is 1.71 bits per heavy atom. The van der Waals surface area contributed by atoms with Gasteiger partial charge >= 0.3 is 5.97 Å². The molecule has 0 aromatic heterocycles. The van der Waals surface area contributed by atoms with E-state index in [2.05, 4.69) is 0 Å². The molecule has 1 amide bonds. The number of hydrogen-bond acceptors (Lipinski definition) is 2. The molecule has 2 fully saturated rings. The third-order valence-corrected chi connectivity index (χ3v) is 4.66. The van der Waals surface area contributed by atoms with Gasteiger partial charge in [-0.25, -0.2) is 0 Å². The standard InChI is InChI=1S/C13H21NO3/c1-10(15)14-8-6-13(7-9-14,12(16)17)11-4-2-3-5-11/h11H,2-9H2,1H3,(H,16,17). The molecule has 2 rings (SSSR count). The zero-order chi connectivity index (χ0) is 12.5. The fourth-order valence-electron chi connectivity index (χ4n) is 3.50. The summed E-state index contributed by atoms with van der Waals surface area (Å²) < 4.78 is 0. The zero-order valence-corrected chi connectivity index (χ0v) is 10.4. The lowest BCUT2D eigenvalue weighted by molar-refractivity contribution is -0.158. The number of nitrogens with zero attached hydrogens (tertiary/aromatic N) is 1. The van der Waals surface area contributed by atoms with Crippen molar-refractivity contribution >= 4 is 11.9 Å². The molecule has 1 heterocycles. The first-order chi connectivity index (χ1) is 8.06. The minimum atomic E-state index is -0.646. The number of amides is 1. The van der Waals surface area contributed by atoms with Crippen LogP contribution in [0.15, 0.2) is 0 Å². The summed E-state index contributed by atoms with van der Waals surface area (Å²) in [6.07, 6.45) is 5.68. The van der Waals surface area contributed by atoms with Gasteiger partial charge in [0.1, 0.15) is 0 Å². The summed E-state index contributed by atoms with van der Waals surface area (Å²) in [5, 5.41) is 9.57. The predicted molar refractivity (Wildman–Crippen MR) is 63.5 cm³/mol. The van der Waals surface area contributed by atoms with Gasteiger partial charge in [-0.15, -0.1) is 0 Å². The van der Waals surface area contributed by atoms with Crippen LogP contribution in [0.25, 0.3) is 0 Å². The summed E-state index contributed by atoms with van der Waals surface area (Å²) in [7, 11) is 0. The van der Waals surface area contributed by atoms with Crippen molar-refractivity contribution < 1.29 is 14.7 Å². The van der Waals surface area contributed by atoms with Crippen LogP contribution in [0.1, 0.15) is 45.4 Å². The van der Waals surface area contributed by atoms with Gasteiger partial charge in [0.15, 0.2) is 0 Å². The van der Waals surface area contributed by atoms with Gasteiger partial charge < -0.3 is 10.0 Å². The van der Waals surface area contributed by atoms with Crippen LogP contribution in [-0.2, 0) is 9.59 Å². The molecule has 0 atom stereocenters. The van der Waals surface area contributed by atoms with E-state index < -0.39 is 11.4 Å². The summed E-state index contributed by atoms with van der Waals surface area (Å²) in [5.41, 5.74) is -0.553. The number of hydrogen-bond donors (Lipinski definition) is 1. The molecule has 4 heteroatoms. The molecule has 0 bridgehead atoms. The van der Waals surface area contributed by atoms with Gasteiger partial charge in [0.25, 0.3) is 0 Å². The van der Waals surface area contributed by atoms with Crippen LogP contribution in [0, 0.1) is 11.3 Å². The first-order valence-electron chi connectivity index (χ1n) is 6.55. The van der Waals surface area contributed by atoms with Crippen molar-refractivity contribution in [2.24, 2.45) is 11.3 Å². The molecule has 0 aromatic carbocycles. The van der Waals surface area contributed by atoms with Gasteiger partial charge in [-0.2, -0.15) is 0 Å². The Bertz CT molecular complexity index is 313. The van der Waals surface area contributed by atoms with E-state index in [9.17, 15) is 14.7 Å². The van der Waals surface area contributed by atoms with Crippen LogP contribution < -0.4 is 0 Å². The Morgan fingerprint density at radius 1 is 1.18 bits per heavy atom. The van der Waals surface area contributed by atoms with E-state index in [1.54, 1.807) is 11.8 Å². The molecule has 96 valence electrons. The van der Waals surface area contributed by atoms with E-state index in [0.29, 0.717) is 31.8 Å². The fourth-order valence-corrected chi connectivity index (χ4v) is 3.50. The SMILES string of the molecule is CC(=O)N1CCC(C(=O)O)(C2CCCC2)CC1. The summed E-state index contributed by atoms with van der Waals surface area (Å²) in [4.78, 5) is 24.7. The van der Waals surface area contributed by atoms with Gasteiger partial charge in [-0.3, -0.25) is 9.59 Å². The predicted octanol–water partition coefficient (Wildman–Crippen LogP) is 1.89. The average Bonchev–Trinajstić information content (AvgIpc) is 2.82. The molecule has 17 heavy (non-hydrogen) atoms. The Morgan fingerprint density at radius 3 is 2.12 bits per heavy atom. The van der Waals surface area contributed by atoms with Crippen LogP contribution >= 0.6 is 0 Å². The number of carboxylic acid groups (broad SMARTS) is 1. The molecule has 1 aliphatic heterocycles. The van der Waals surface area contributed by atoms with Gasteiger partial charge in [0.05, 0.1) is 5.41 Å². The number of aliphatic carboxylic acids is 1. The maximum Gasteiger partial charge on any atom is 0.310 e. The van der Waals surface area contributed by atoms with Gasteiger partial charge in [0, 0.05) is 20.0 Å². The van der Waals surface area contributed by atoms with Gasteiger partial charge in [-0.05, 0) is 31.6 Å². The molecule has 1 saturated carbocycles. The van der Waals surface area contributed by atoms with Crippen molar-refractivity contribution in [2.75, 3.05) is 13.1 Å². The second-order valence-corrected chi connectivity index (χ2v) is 5.45. The lowest BCUT2D eigenvalue weighted by Crippen LogP contribution is -2.49. The Kier molecular flexibility index (Phi) is 3.40.